The smallest absolute Gasteiger partial charge is 0.317 e. The first-order valence-electron chi connectivity index (χ1n) is 17.6. The van der Waals surface area contributed by atoms with Crippen molar-refractivity contribution in [2.75, 3.05) is 46.1 Å². The molecule has 2 amide bonds. The SMILES string of the molecule is CCCN(C(=O)NCCOCCO)[C@H]1CC(=NOC(C)(C)C)C2=C[C@H](CCCCO)[C@@H](CCCCO)[C@@H]3c4cc(O)ccc4O[C@@]1(O)[C@H]23. The van der Waals surface area contributed by atoms with Gasteiger partial charge >= 0.3 is 6.03 Å². The van der Waals surface area contributed by atoms with Gasteiger partial charge in [0.15, 0.2) is 0 Å². The Morgan fingerprint density at radius 3 is 2.48 bits per heavy atom. The molecule has 0 unspecified atom stereocenters. The van der Waals surface area contributed by atoms with Gasteiger partial charge in [0.1, 0.15) is 23.1 Å². The molecule has 270 valence electrons. The predicted octanol–water partition coefficient (Wildman–Crippen LogP) is 4.04. The third-order valence-corrected chi connectivity index (χ3v) is 9.55. The molecule has 4 rings (SSSR count). The number of allylic oxidation sites excluding steroid dienone is 1. The van der Waals surface area contributed by atoms with Gasteiger partial charge in [0.25, 0.3) is 0 Å². The number of benzene rings is 1. The number of hydrogen-bond acceptors (Lipinski definition) is 10. The largest absolute Gasteiger partial charge is 0.508 e. The maximum atomic E-state index is 13.9. The zero-order valence-corrected chi connectivity index (χ0v) is 29.1. The minimum absolute atomic E-state index is 0.0145. The number of ether oxygens (including phenoxy) is 2. The Morgan fingerprint density at radius 1 is 1.08 bits per heavy atom. The van der Waals surface area contributed by atoms with Crippen LogP contribution in [-0.2, 0) is 9.57 Å². The molecule has 6 atom stereocenters. The third kappa shape index (κ3) is 8.81. The Morgan fingerprint density at radius 2 is 1.81 bits per heavy atom. The summed E-state index contributed by atoms with van der Waals surface area (Å²) >= 11 is 0. The fraction of sp³-hybridized carbons (Fsp3) is 0.722. The lowest BCUT2D eigenvalue weighted by atomic mass is 9.55. The van der Waals surface area contributed by atoms with Crippen LogP contribution in [0.3, 0.4) is 0 Å². The van der Waals surface area contributed by atoms with Crippen LogP contribution in [0.25, 0.3) is 0 Å². The first-order chi connectivity index (χ1) is 23.0. The second-order valence-electron chi connectivity index (χ2n) is 14.2. The summed E-state index contributed by atoms with van der Waals surface area (Å²) < 4.78 is 12.0. The molecule has 1 heterocycles. The second kappa shape index (κ2) is 17.2. The molecule has 6 N–H and O–H groups in total. The van der Waals surface area contributed by atoms with E-state index in [4.69, 9.17) is 24.6 Å². The molecule has 2 aliphatic carbocycles. The number of phenolic OH excluding ortho intramolecular Hbond substituents is 1. The van der Waals surface area contributed by atoms with Crippen molar-refractivity contribution in [3.63, 3.8) is 0 Å². The minimum Gasteiger partial charge on any atom is -0.508 e. The number of carbonyl (C=O) groups excluding carboxylic acids is 1. The summed E-state index contributed by atoms with van der Waals surface area (Å²) in [5.41, 5.74) is 1.66. The number of unbranched alkanes of at least 4 members (excludes halogenated alkanes) is 2. The van der Waals surface area contributed by atoms with Crippen molar-refractivity contribution in [2.24, 2.45) is 22.9 Å². The molecule has 1 saturated carbocycles. The van der Waals surface area contributed by atoms with Gasteiger partial charge in [0.05, 0.1) is 31.5 Å². The number of rotatable bonds is 17. The van der Waals surface area contributed by atoms with Crippen LogP contribution in [0, 0.1) is 17.8 Å². The van der Waals surface area contributed by atoms with E-state index in [0.717, 1.165) is 36.8 Å². The first kappa shape index (κ1) is 37.9. The summed E-state index contributed by atoms with van der Waals surface area (Å²) in [7, 11) is 0. The maximum Gasteiger partial charge on any atom is 0.317 e. The number of carbonyl (C=O) groups is 1. The van der Waals surface area contributed by atoms with Gasteiger partial charge in [0, 0.05) is 44.2 Å². The summed E-state index contributed by atoms with van der Waals surface area (Å²) in [4.78, 5) is 21.5. The van der Waals surface area contributed by atoms with Crippen LogP contribution in [-0.4, -0.2) is 106 Å². The van der Waals surface area contributed by atoms with Gasteiger partial charge < -0.3 is 50.1 Å². The van der Waals surface area contributed by atoms with E-state index < -0.39 is 23.3 Å². The molecule has 1 aromatic rings. The number of aliphatic hydroxyl groups is 4. The Labute approximate surface area is 284 Å². The summed E-state index contributed by atoms with van der Waals surface area (Å²) in [6.45, 7) is 8.76. The number of urea groups is 1. The van der Waals surface area contributed by atoms with Crippen molar-refractivity contribution in [2.45, 2.75) is 102 Å². The van der Waals surface area contributed by atoms with Crippen molar-refractivity contribution in [3.05, 3.63) is 35.4 Å². The van der Waals surface area contributed by atoms with E-state index in [-0.39, 0.29) is 75.5 Å². The molecule has 48 heavy (non-hydrogen) atoms. The number of aliphatic hydroxyl groups excluding tert-OH is 3. The van der Waals surface area contributed by atoms with Crippen molar-refractivity contribution in [3.8, 4) is 11.5 Å². The van der Waals surface area contributed by atoms with Gasteiger partial charge in [-0.25, -0.2) is 4.79 Å². The van der Waals surface area contributed by atoms with Crippen molar-refractivity contribution < 1.29 is 44.6 Å². The van der Waals surface area contributed by atoms with Gasteiger partial charge in [-0.15, -0.1) is 0 Å². The van der Waals surface area contributed by atoms with E-state index in [1.165, 1.54) is 0 Å². The Hall–Kier alpha value is -2.90. The van der Waals surface area contributed by atoms with Crippen LogP contribution in [0.2, 0.25) is 0 Å². The van der Waals surface area contributed by atoms with Crippen molar-refractivity contribution in [1.29, 1.82) is 0 Å². The van der Waals surface area contributed by atoms with Crippen molar-refractivity contribution in [1.82, 2.24) is 10.2 Å². The molecule has 12 heteroatoms. The normalized spacial score (nSPS) is 27.0. The Balaban J connectivity index is 1.88. The molecule has 0 radical (unpaired) electrons. The third-order valence-electron chi connectivity index (χ3n) is 9.55. The predicted molar refractivity (Wildman–Crippen MR) is 182 cm³/mol. The molecule has 3 aliphatic rings. The van der Waals surface area contributed by atoms with Gasteiger partial charge in [-0.1, -0.05) is 31.0 Å². The number of amides is 2. The van der Waals surface area contributed by atoms with Gasteiger partial charge in [0.2, 0.25) is 5.79 Å². The average Bonchev–Trinajstić information content (AvgIpc) is 3.04. The van der Waals surface area contributed by atoms with E-state index in [2.05, 4.69) is 11.4 Å². The molecular formula is C36H57N3O9. The molecule has 12 nitrogen and oxygen atoms in total. The molecule has 0 aromatic heterocycles. The number of hydrogen-bond donors (Lipinski definition) is 6. The molecular weight excluding hydrogens is 618 g/mol. The molecule has 1 aromatic carbocycles. The van der Waals surface area contributed by atoms with Crippen molar-refractivity contribution >= 4 is 11.7 Å². The van der Waals surface area contributed by atoms with Crippen LogP contribution in [0.5, 0.6) is 11.5 Å². The number of nitrogens with one attached hydrogen (secondary N) is 1. The fourth-order valence-corrected chi connectivity index (χ4v) is 7.61. The number of nitrogens with zero attached hydrogens (tertiary/aromatic N) is 2. The highest BCUT2D eigenvalue weighted by Gasteiger charge is 2.64. The summed E-state index contributed by atoms with van der Waals surface area (Å²) in [5, 5.41) is 59.7. The lowest BCUT2D eigenvalue weighted by Gasteiger charge is -2.58. The lowest BCUT2D eigenvalue weighted by Crippen LogP contribution is -2.69. The zero-order valence-electron chi connectivity index (χ0n) is 29.1. The topological polar surface area (TPSA) is 174 Å². The molecule has 0 bridgehead atoms. The highest BCUT2D eigenvalue weighted by Crippen LogP contribution is 2.60. The van der Waals surface area contributed by atoms with E-state index in [1.807, 2.05) is 27.7 Å². The minimum atomic E-state index is -1.84. The molecule has 1 fully saturated rings. The zero-order chi connectivity index (χ0) is 34.9. The highest BCUT2D eigenvalue weighted by molar-refractivity contribution is 6.03. The fourth-order valence-electron chi connectivity index (χ4n) is 7.61. The standard InChI is InChI=1S/C36H57N3O9/c1-5-15-39(34(44)37-14-19-46-20-18-42)31-23-29(38-48-35(2,3)4)27-21-24(10-6-8-16-40)26(11-7-9-17-41)32-28-22-25(43)12-13-30(28)47-36(31,45)33(27)32/h12-13,21-22,24,26,31-33,40-43,45H,5-11,14-20,23H2,1-4H3,(H,37,44)/t24-,26+,31-,32+,33+,36+/m0/s1. The van der Waals surface area contributed by atoms with Gasteiger partial charge in [-0.3, -0.25) is 0 Å². The highest BCUT2D eigenvalue weighted by atomic mass is 16.6. The van der Waals surface area contributed by atoms with E-state index >= 15 is 0 Å². The molecule has 1 aliphatic heterocycles. The lowest BCUT2D eigenvalue weighted by molar-refractivity contribution is -0.228. The van der Waals surface area contributed by atoms with E-state index in [1.54, 1.807) is 23.1 Å². The average molecular weight is 676 g/mol. The van der Waals surface area contributed by atoms with E-state index in [0.29, 0.717) is 37.3 Å². The van der Waals surface area contributed by atoms with Crippen LogP contribution >= 0.6 is 0 Å². The van der Waals surface area contributed by atoms with Gasteiger partial charge in [-0.05, 0) is 88.5 Å². The summed E-state index contributed by atoms with van der Waals surface area (Å²) in [5.74, 6) is -2.14. The second-order valence-corrected chi connectivity index (χ2v) is 14.2. The number of phenols is 1. The van der Waals surface area contributed by atoms with Crippen LogP contribution in [0.4, 0.5) is 4.79 Å². The first-order valence-corrected chi connectivity index (χ1v) is 17.6. The monoisotopic (exact) mass is 675 g/mol. The molecule has 0 spiro atoms. The van der Waals surface area contributed by atoms with Gasteiger partial charge in [-0.2, -0.15) is 0 Å². The summed E-state index contributed by atoms with van der Waals surface area (Å²) in [6, 6.07) is 3.75. The van der Waals surface area contributed by atoms with Crippen LogP contribution < -0.4 is 10.1 Å². The quantitative estimate of drug-likeness (QED) is 0.105. The number of oxime groups is 1. The number of aromatic hydroxyl groups is 1. The van der Waals surface area contributed by atoms with Crippen LogP contribution in [0.1, 0.15) is 90.5 Å². The summed E-state index contributed by atoms with van der Waals surface area (Å²) in [6.07, 6.45) is 7.49. The maximum absolute atomic E-state index is 13.9. The van der Waals surface area contributed by atoms with E-state index in [9.17, 15) is 25.2 Å². The Kier molecular flexibility index (Phi) is 13.6. The van der Waals surface area contributed by atoms with Crippen LogP contribution in [0.15, 0.2) is 35.0 Å². The Bertz CT molecular complexity index is 1270. The molecule has 0 saturated heterocycles. The number of fused-ring (bicyclic) bond motifs is 2.